The van der Waals surface area contributed by atoms with Gasteiger partial charge in [0, 0.05) is 6.07 Å². The van der Waals surface area contributed by atoms with E-state index in [1.807, 2.05) is 0 Å². The molecule has 0 saturated carbocycles. The SMILES string of the molecule is NC(=O)CC#Cc1cc([N+](=O)[O-])c(N)nc1Cl. The summed E-state index contributed by atoms with van der Waals surface area (Å²) in [6.45, 7) is 0. The smallest absolute Gasteiger partial charge is 0.312 e. The van der Waals surface area contributed by atoms with E-state index in [9.17, 15) is 14.9 Å². The van der Waals surface area contributed by atoms with Crippen molar-refractivity contribution in [3.8, 4) is 11.8 Å². The number of nitrogens with zero attached hydrogens (tertiary/aromatic N) is 2. The second-order valence-electron chi connectivity index (χ2n) is 2.93. The number of anilines is 1. The fraction of sp³-hybridized carbons (Fsp3) is 0.111. The quantitative estimate of drug-likeness (QED) is 0.343. The van der Waals surface area contributed by atoms with Gasteiger partial charge in [-0.25, -0.2) is 4.98 Å². The van der Waals surface area contributed by atoms with Crippen LogP contribution < -0.4 is 11.5 Å². The van der Waals surface area contributed by atoms with Crippen molar-refractivity contribution in [2.45, 2.75) is 6.42 Å². The lowest BCUT2D eigenvalue weighted by molar-refractivity contribution is -0.384. The largest absolute Gasteiger partial charge is 0.378 e. The number of amides is 1. The van der Waals surface area contributed by atoms with Crippen molar-refractivity contribution in [3.05, 3.63) is 26.9 Å². The van der Waals surface area contributed by atoms with E-state index < -0.39 is 16.5 Å². The molecule has 1 aromatic rings. The molecule has 0 aliphatic rings. The zero-order chi connectivity index (χ0) is 13.0. The molecule has 1 aromatic heterocycles. The highest BCUT2D eigenvalue weighted by Gasteiger charge is 2.15. The van der Waals surface area contributed by atoms with Gasteiger partial charge in [0.2, 0.25) is 11.7 Å². The Morgan fingerprint density at radius 1 is 1.65 bits per heavy atom. The van der Waals surface area contributed by atoms with Gasteiger partial charge < -0.3 is 11.5 Å². The van der Waals surface area contributed by atoms with Crippen molar-refractivity contribution in [2.24, 2.45) is 5.73 Å². The molecule has 0 radical (unpaired) electrons. The van der Waals surface area contributed by atoms with Crippen LogP contribution in [0.15, 0.2) is 6.07 Å². The zero-order valence-electron chi connectivity index (χ0n) is 8.44. The number of carbonyl (C=O) groups excluding carboxylic acids is 1. The Hall–Kier alpha value is -2.33. The number of nitro groups is 1. The first-order valence-corrected chi connectivity index (χ1v) is 4.67. The fourth-order valence-corrected chi connectivity index (χ4v) is 1.15. The van der Waals surface area contributed by atoms with Crippen LogP contribution in [-0.2, 0) is 4.79 Å². The third-order valence-electron chi connectivity index (χ3n) is 1.67. The number of aromatic nitrogens is 1. The second kappa shape index (κ2) is 5.14. The van der Waals surface area contributed by atoms with Gasteiger partial charge in [0.15, 0.2) is 0 Å². The Morgan fingerprint density at radius 2 is 2.29 bits per heavy atom. The summed E-state index contributed by atoms with van der Waals surface area (Å²) in [6.07, 6.45) is -0.172. The van der Waals surface area contributed by atoms with Crippen molar-refractivity contribution < 1.29 is 9.72 Å². The Kier molecular flexibility index (Phi) is 3.85. The minimum atomic E-state index is -0.697. The zero-order valence-corrected chi connectivity index (χ0v) is 9.19. The number of primary amides is 1. The lowest BCUT2D eigenvalue weighted by atomic mass is 10.2. The third-order valence-corrected chi connectivity index (χ3v) is 1.95. The van der Waals surface area contributed by atoms with Crippen LogP contribution >= 0.6 is 11.6 Å². The molecule has 0 aromatic carbocycles. The normalized spacial score (nSPS) is 9.24. The summed E-state index contributed by atoms with van der Waals surface area (Å²) in [5, 5.41) is 10.5. The molecule has 0 atom stereocenters. The number of nitrogens with two attached hydrogens (primary N) is 2. The van der Waals surface area contributed by atoms with E-state index >= 15 is 0 Å². The maximum atomic E-state index is 10.6. The van der Waals surface area contributed by atoms with Crippen LogP contribution in [-0.4, -0.2) is 15.8 Å². The monoisotopic (exact) mass is 254 g/mol. The molecular weight excluding hydrogens is 248 g/mol. The van der Waals surface area contributed by atoms with Crippen LogP contribution in [0.3, 0.4) is 0 Å². The van der Waals surface area contributed by atoms with Gasteiger partial charge in [0.25, 0.3) is 0 Å². The van der Waals surface area contributed by atoms with E-state index in [1.54, 1.807) is 0 Å². The number of halogens is 1. The van der Waals surface area contributed by atoms with Gasteiger partial charge in [-0.1, -0.05) is 23.4 Å². The number of carbonyl (C=O) groups is 1. The average Bonchev–Trinajstić information content (AvgIpc) is 2.20. The summed E-state index contributed by atoms with van der Waals surface area (Å²) >= 11 is 5.69. The molecule has 4 N–H and O–H groups in total. The van der Waals surface area contributed by atoms with E-state index in [1.165, 1.54) is 0 Å². The molecule has 1 rings (SSSR count). The first-order chi connectivity index (χ1) is 7.91. The van der Waals surface area contributed by atoms with Gasteiger partial charge in [-0.2, -0.15) is 0 Å². The van der Waals surface area contributed by atoms with Gasteiger partial charge in [-0.15, -0.1) is 0 Å². The molecule has 0 aliphatic heterocycles. The summed E-state index contributed by atoms with van der Waals surface area (Å²) in [7, 11) is 0. The molecule has 0 bridgehead atoms. The highest BCUT2D eigenvalue weighted by molar-refractivity contribution is 6.30. The van der Waals surface area contributed by atoms with Crippen LogP contribution in [0.1, 0.15) is 12.0 Å². The fourth-order valence-electron chi connectivity index (χ4n) is 0.954. The molecule has 0 spiro atoms. The lowest BCUT2D eigenvalue weighted by Gasteiger charge is -1.99. The highest BCUT2D eigenvalue weighted by Crippen LogP contribution is 2.24. The maximum Gasteiger partial charge on any atom is 0.312 e. The first-order valence-electron chi connectivity index (χ1n) is 4.29. The minimum Gasteiger partial charge on any atom is -0.378 e. The minimum absolute atomic E-state index is 0.0647. The Morgan fingerprint density at radius 3 is 2.82 bits per heavy atom. The summed E-state index contributed by atoms with van der Waals surface area (Å²) in [6, 6.07) is 1.10. The molecule has 0 fully saturated rings. The van der Waals surface area contributed by atoms with Gasteiger partial charge >= 0.3 is 5.69 Å². The van der Waals surface area contributed by atoms with Crippen molar-refractivity contribution >= 4 is 29.0 Å². The number of rotatable bonds is 2. The van der Waals surface area contributed by atoms with Crippen molar-refractivity contribution in [2.75, 3.05) is 5.73 Å². The van der Waals surface area contributed by atoms with Crippen molar-refractivity contribution in [3.63, 3.8) is 0 Å². The van der Waals surface area contributed by atoms with Gasteiger partial charge in [-0.3, -0.25) is 14.9 Å². The van der Waals surface area contributed by atoms with E-state index in [0.717, 1.165) is 6.07 Å². The number of hydrogen-bond donors (Lipinski definition) is 2. The van der Waals surface area contributed by atoms with Crippen LogP contribution in [0.4, 0.5) is 11.5 Å². The van der Waals surface area contributed by atoms with Crippen LogP contribution in [0.2, 0.25) is 5.15 Å². The predicted molar refractivity (Wildman–Crippen MR) is 61.0 cm³/mol. The standard InChI is InChI=1S/C9H7ClN4O3/c10-8-5(2-1-3-7(11)15)4-6(14(16)17)9(12)13-8/h4H,3H2,(H2,11,15)(H2,12,13). The molecule has 1 heterocycles. The number of nitrogen functional groups attached to an aromatic ring is 1. The molecule has 0 saturated heterocycles. The Bertz CT molecular complexity index is 547. The highest BCUT2D eigenvalue weighted by atomic mass is 35.5. The summed E-state index contributed by atoms with van der Waals surface area (Å²) in [4.78, 5) is 23.9. The van der Waals surface area contributed by atoms with E-state index in [2.05, 4.69) is 16.8 Å². The number of hydrogen-bond acceptors (Lipinski definition) is 5. The second-order valence-corrected chi connectivity index (χ2v) is 3.29. The van der Waals surface area contributed by atoms with Crippen LogP contribution in [0, 0.1) is 22.0 Å². The molecule has 17 heavy (non-hydrogen) atoms. The predicted octanol–water partition coefficient (Wildman–Crippen LogP) is 0.452. The third kappa shape index (κ3) is 3.32. The van der Waals surface area contributed by atoms with Crippen LogP contribution in [0.25, 0.3) is 0 Å². The molecular formula is C9H7ClN4O3. The first kappa shape index (κ1) is 12.7. The van der Waals surface area contributed by atoms with Crippen molar-refractivity contribution in [1.29, 1.82) is 0 Å². The maximum absolute atomic E-state index is 10.6. The van der Waals surface area contributed by atoms with E-state index in [-0.39, 0.29) is 23.0 Å². The molecule has 1 amide bonds. The van der Waals surface area contributed by atoms with Gasteiger partial charge in [0.1, 0.15) is 5.15 Å². The molecule has 8 heteroatoms. The van der Waals surface area contributed by atoms with Crippen molar-refractivity contribution in [1.82, 2.24) is 4.98 Å². The van der Waals surface area contributed by atoms with Gasteiger partial charge in [0.05, 0.1) is 16.9 Å². The summed E-state index contributed by atoms with van der Waals surface area (Å²) < 4.78 is 0. The molecule has 0 aliphatic carbocycles. The molecule has 7 nitrogen and oxygen atoms in total. The van der Waals surface area contributed by atoms with E-state index in [0.29, 0.717) is 0 Å². The average molecular weight is 255 g/mol. The molecule has 88 valence electrons. The Labute approximate surface area is 101 Å². The topological polar surface area (TPSA) is 125 Å². The Balaban J connectivity index is 3.15. The number of pyridine rings is 1. The van der Waals surface area contributed by atoms with E-state index in [4.69, 9.17) is 23.1 Å². The summed E-state index contributed by atoms with van der Waals surface area (Å²) in [5.74, 6) is 3.98. The molecule has 0 unspecified atom stereocenters. The summed E-state index contributed by atoms with van der Waals surface area (Å²) in [5.41, 5.74) is 9.92. The van der Waals surface area contributed by atoms with Crippen LogP contribution in [0.5, 0.6) is 0 Å². The lowest BCUT2D eigenvalue weighted by Crippen LogP contribution is -2.08. The van der Waals surface area contributed by atoms with Gasteiger partial charge in [-0.05, 0) is 0 Å².